The second kappa shape index (κ2) is 11.7. The van der Waals surface area contributed by atoms with Crippen LogP contribution in [0.15, 0.2) is 60.7 Å². The molecule has 1 aliphatic rings. The van der Waals surface area contributed by atoms with Crippen LogP contribution in [0.1, 0.15) is 89.5 Å². The molecule has 0 aliphatic heterocycles. The first-order valence-electron chi connectivity index (χ1n) is 13.1. The average Bonchev–Trinajstić information content (AvgIpc) is 2.82. The van der Waals surface area contributed by atoms with Crippen LogP contribution in [0.3, 0.4) is 0 Å². The van der Waals surface area contributed by atoms with E-state index in [9.17, 15) is 9.59 Å². The summed E-state index contributed by atoms with van der Waals surface area (Å²) in [5, 5.41) is 6.22. The molecule has 36 heavy (non-hydrogen) atoms. The molecule has 0 saturated heterocycles. The normalized spacial score (nSPS) is 18.9. The van der Waals surface area contributed by atoms with Gasteiger partial charge in [-0.05, 0) is 70.9 Å². The Morgan fingerprint density at radius 3 is 1.19 bits per heavy atom. The van der Waals surface area contributed by atoms with Gasteiger partial charge in [0.05, 0.1) is 0 Å². The van der Waals surface area contributed by atoms with E-state index >= 15 is 0 Å². The highest BCUT2D eigenvalue weighted by molar-refractivity contribution is 5.92. The molecule has 4 nitrogen and oxygen atoms in total. The summed E-state index contributed by atoms with van der Waals surface area (Å²) in [7, 11) is 0. The van der Waals surface area contributed by atoms with Gasteiger partial charge >= 0.3 is 0 Å². The predicted molar refractivity (Wildman–Crippen MR) is 151 cm³/mol. The third-order valence-electron chi connectivity index (χ3n) is 6.83. The van der Waals surface area contributed by atoms with E-state index in [4.69, 9.17) is 0 Å². The molecule has 0 bridgehead atoms. The minimum absolute atomic E-state index is 0.0669. The van der Waals surface area contributed by atoms with E-state index in [1.165, 1.54) is 11.1 Å². The van der Waals surface area contributed by atoms with E-state index in [1.54, 1.807) is 12.2 Å². The van der Waals surface area contributed by atoms with E-state index in [0.717, 1.165) is 36.8 Å². The molecule has 1 aliphatic carbocycles. The highest BCUT2D eigenvalue weighted by atomic mass is 16.2. The van der Waals surface area contributed by atoms with Crippen LogP contribution in [0.25, 0.3) is 12.2 Å². The molecule has 2 aromatic rings. The molecular weight excluding hydrogens is 444 g/mol. The average molecular weight is 487 g/mol. The number of amides is 2. The Hall–Kier alpha value is -3.14. The van der Waals surface area contributed by atoms with Crippen LogP contribution in [0, 0.1) is 0 Å². The SMILES string of the molecule is CC(C)(C)c1ccc(/C=C/C(=O)NC2CCC(NC(=O)/C=C/c3ccc(C(C)(C)C)cc3)CC2)cc1. The first-order chi connectivity index (χ1) is 16.9. The quantitative estimate of drug-likeness (QED) is 0.455. The zero-order valence-corrected chi connectivity index (χ0v) is 22.7. The van der Waals surface area contributed by atoms with Gasteiger partial charge in [0.15, 0.2) is 0 Å². The van der Waals surface area contributed by atoms with Crippen molar-refractivity contribution in [2.75, 3.05) is 0 Å². The second-order valence-electron chi connectivity index (χ2n) is 12.0. The highest BCUT2D eigenvalue weighted by Gasteiger charge is 2.22. The van der Waals surface area contributed by atoms with Crippen LogP contribution in [-0.4, -0.2) is 23.9 Å². The number of rotatable bonds is 6. The number of hydrogen-bond donors (Lipinski definition) is 2. The Labute approximate surface area is 217 Å². The van der Waals surface area contributed by atoms with Gasteiger partial charge in [0.1, 0.15) is 0 Å². The van der Waals surface area contributed by atoms with Crippen molar-refractivity contribution in [1.29, 1.82) is 0 Å². The van der Waals surface area contributed by atoms with Crippen LogP contribution in [0.4, 0.5) is 0 Å². The third-order valence-corrected chi connectivity index (χ3v) is 6.83. The molecule has 4 heteroatoms. The predicted octanol–water partition coefficient (Wildman–Crippen LogP) is 6.55. The highest BCUT2D eigenvalue weighted by Crippen LogP contribution is 2.24. The summed E-state index contributed by atoms with van der Waals surface area (Å²) in [6.07, 6.45) is 10.4. The van der Waals surface area contributed by atoms with E-state index in [2.05, 4.69) is 76.4 Å². The summed E-state index contributed by atoms with van der Waals surface area (Å²) in [6, 6.07) is 17.0. The van der Waals surface area contributed by atoms with E-state index in [1.807, 2.05) is 36.4 Å². The minimum atomic E-state index is -0.0669. The van der Waals surface area contributed by atoms with Gasteiger partial charge in [0, 0.05) is 24.2 Å². The molecule has 0 heterocycles. The fraction of sp³-hybridized carbons (Fsp3) is 0.438. The Morgan fingerprint density at radius 2 is 0.917 bits per heavy atom. The number of hydrogen-bond acceptors (Lipinski definition) is 2. The fourth-order valence-electron chi connectivity index (χ4n) is 4.41. The first-order valence-corrected chi connectivity index (χ1v) is 13.1. The summed E-state index contributed by atoms with van der Waals surface area (Å²) in [5.74, 6) is -0.134. The second-order valence-corrected chi connectivity index (χ2v) is 12.0. The first kappa shape index (κ1) is 27.4. The van der Waals surface area contributed by atoms with Crippen molar-refractivity contribution in [3.8, 4) is 0 Å². The maximum absolute atomic E-state index is 12.4. The Balaban J connectivity index is 1.40. The fourth-order valence-corrected chi connectivity index (χ4v) is 4.41. The van der Waals surface area contributed by atoms with Crippen molar-refractivity contribution < 1.29 is 9.59 Å². The standard InChI is InChI=1S/C32H42N2O2/c1-31(2,3)25-13-7-23(8-14-25)11-21-29(35)33-27-17-19-28(20-18-27)34-30(36)22-12-24-9-15-26(16-10-24)32(4,5)6/h7-16,21-22,27-28H,17-20H2,1-6H3,(H,33,35)(H,34,36)/b21-11+,22-12+. The van der Waals surface area contributed by atoms with Gasteiger partial charge in [-0.15, -0.1) is 0 Å². The lowest BCUT2D eigenvalue weighted by Crippen LogP contribution is -2.43. The van der Waals surface area contributed by atoms with Crippen LogP contribution in [0.2, 0.25) is 0 Å². The number of nitrogens with one attached hydrogen (secondary N) is 2. The molecule has 3 rings (SSSR count). The van der Waals surface area contributed by atoms with Gasteiger partial charge in [0.2, 0.25) is 11.8 Å². The molecule has 2 amide bonds. The number of carbonyl (C=O) groups excluding carboxylic acids is 2. The molecule has 1 fully saturated rings. The maximum atomic E-state index is 12.4. The maximum Gasteiger partial charge on any atom is 0.244 e. The largest absolute Gasteiger partial charge is 0.350 e. The van der Waals surface area contributed by atoms with Crippen molar-refractivity contribution in [1.82, 2.24) is 10.6 Å². The summed E-state index contributed by atoms with van der Waals surface area (Å²) < 4.78 is 0. The van der Waals surface area contributed by atoms with Crippen LogP contribution >= 0.6 is 0 Å². The molecule has 0 atom stereocenters. The lowest BCUT2D eigenvalue weighted by molar-refractivity contribution is -0.118. The van der Waals surface area contributed by atoms with Crippen molar-refractivity contribution >= 4 is 24.0 Å². The van der Waals surface area contributed by atoms with Crippen molar-refractivity contribution in [3.63, 3.8) is 0 Å². The lowest BCUT2D eigenvalue weighted by Gasteiger charge is -2.29. The Morgan fingerprint density at radius 1 is 0.611 bits per heavy atom. The molecule has 0 unspecified atom stereocenters. The molecule has 192 valence electrons. The van der Waals surface area contributed by atoms with Crippen LogP contribution < -0.4 is 10.6 Å². The minimum Gasteiger partial charge on any atom is -0.350 e. The van der Waals surface area contributed by atoms with Crippen molar-refractivity contribution in [2.24, 2.45) is 0 Å². The van der Waals surface area contributed by atoms with Gasteiger partial charge in [0.25, 0.3) is 0 Å². The van der Waals surface area contributed by atoms with Crippen LogP contribution in [-0.2, 0) is 20.4 Å². The smallest absolute Gasteiger partial charge is 0.244 e. The molecule has 0 spiro atoms. The molecule has 0 radical (unpaired) electrons. The topological polar surface area (TPSA) is 58.2 Å². The Kier molecular flexibility index (Phi) is 8.94. The van der Waals surface area contributed by atoms with Gasteiger partial charge in [-0.1, -0.05) is 90.1 Å². The lowest BCUT2D eigenvalue weighted by atomic mass is 9.87. The van der Waals surface area contributed by atoms with E-state index < -0.39 is 0 Å². The number of benzene rings is 2. The molecule has 2 aromatic carbocycles. The van der Waals surface area contributed by atoms with Gasteiger partial charge < -0.3 is 10.6 Å². The summed E-state index contributed by atoms with van der Waals surface area (Å²) >= 11 is 0. The van der Waals surface area contributed by atoms with Crippen LogP contribution in [0.5, 0.6) is 0 Å². The molecular formula is C32H42N2O2. The summed E-state index contributed by atoms with van der Waals surface area (Å²) in [6.45, 7) is 13.1. The summed E-state index contributed by atoms with van der Waals surface area (Å²) in [5.41, 5.74) is 4.82. The van der Waals surface area contributed by atoms with Gasteiger partial charge in [-0.3, -0.25) is 9.59 Å². The van der Waals surface area contributed by atoms with Gasteiger partial charge in [-0.25, -0.2) is 0 Å². The van der Waals surface area contributed by atoms with E-state index in [-0.39, 0.29) is 34.7 Å². The van der Waals surface area contributed by atoms with Crippen molar-refractivity contribution in [2.45, 2.75) is 90.1 Å². The molecule has 2 N–H and O–H groups in total. The van der Waals surface area contributed by atoms with E-state index in [0.29, 0.717) is 0 Å². The summed E-state index contributed by atoms with van der Waals surface area (Å²) in [4.78, 5) is 24.8. The monoisotopic (exact) mass is 486 g/mol. The molecule has 0 aromatic heterocycles. The third kappa shape index (κ3) is 8.51. The van der Waals surface area contributed by atoms with Gasteiger partial charge in [-0.2, -0.15) is 0 Å². The molecule has 1 saturated carbocycles. The number of carbonyl (C=O) groups is 2. The zero-order valence-electron chi connectivity index (χ0n) is 22.7. The Bertz CT molecular complexity index is 983. The van der Waals surface area contributed by atoms with Crippen molar-refractivity contribution in [3.05, 3.63) is 82.9 Å². The zero-order chi connectivity index (χ0) is 26.3.